The number of carbonyl (C=O) groups excluding carboxylic acids is 2. The maximum Gasteiger partial charge on any atom is 0.428 e. The summed E-state index contributed by atoms with van der Waals surface area (Å²) >= 11 is 5.79. The molecule has 0 atom stereocenters. The summed E-state index contributed by atoms with van der Waals surface area (Å²) in [6.45, 7) is 1.32. The average molecular weight is 327 g/mol. The van der Waals surface area contributed by atoms with Gasteiger partial charge in [0.15, 0.2) is 0 Å². The highest BCUT2D eigenvalue weighted by Crippen LogP contribution is 2.15. The van der Waals surface area contributed by atoms with Crippen LogP contribution >= 0.6 is 11.6 Å². The summed E-state index contributed by atoms with van der Waals surface area (Å²) in [5.41, 5.74) is 2.53. The SMILES string of the molecule is O=C(CCCCCOc1ccc(Cl)cc1)NN1CCOC1=O. The maximum atomic E-state index is 11.6. The van der Waals surface area contributed by atoms with Gasteiger partial charge in [-0.25, -0.2) is 9.80 Å². The van der Waals surface area contributed by atoms with Gasteiger partial charge in [-0.05, 0) is 43.5 Å². The highest BCUT2D eigenvalue weighted by molar-refractivity contribution is 6.30. The first kappa shape index (κ1) is 16.4. The lowest BCUT2D eigenvalue weighted by atomic mass is 10.2. The van der Waals surface area contributed by atoms with Gasteiger partial charge in [0.25, 0.3) is 0 Å². The van der Waals surface area contributed by atoms with Crippen molar-refractivity contribution in [1.82, 2.24) is 10.4 Å². The van der Waals surface area contributed by atoms with Crippen molar-refractivity contribution < 1.29 is 19.1 Å². The second-order valence-electron chi connectivity index (χ2n) is 4.91. The van der Waals surface area contributed by atoms with Crippen LogP contribution in [0.3, 0.4) is 0 Å². The van der Waals surface area contributed by atoms with E-state index in [4.69, 9.17) is 21.1 Å². The Kier molecular flexibility index (Phi) is 6.33. The number of hydrogen-bond donors (Lipinski definition) is 1. The van der Waals surface area contributed by atoms with Gasteiger partial charge in [-0.1, -0.05) is 11.6 Å². The molecule has 0 saturated carbocycles. The van der Waals surface area contributed by atoms with Gasteiger partial charge in [-0.15, -0.1) is 0 Å². The van der Waals surface area contributed by atoms with E-state index < -0.39 is 6.09 Å². The van der Waals surface area contributed by atoms with Gasteiger partial charge in [-0.3, -0.25) is 10.2 Å². The van der Waals surface area contributed by atoms with Crippen LogP contribution in [-0.2, 0) is 9.53 Å². The Bertz CT molecular complexity index is 507. The molecule has 0 spiro atoms. The largest absolute Gasteiger partial charge is 0.494 e. The van der Waals surface area contributed by atoms with Crippen molar-refractivity contribution in [3.63, 3.8) is 0 Å². The summed E-state index contributed by atoms with van der Waals surface area (Å²) in [5, 5.41) is 1.88. The van der Waals surface area contributed by atoms with E-state index in [9.17, 15) is 9.59 Å². The van der Waals surface area contributed by atoms with E-state index in [-0.39, 0.29) is 5.91 Å². The molecule has 1 aliphatic heterocycles. The fourth-order valence-corrected chi connectivity index (χ4v) is 2.11. The van der Waals surface area contributed by atoms with Crippen LogP contribution in [-0.4, -0.2) is 36.8 Å². The topological polar surface area (TPSA) is 67.9 Å². The maximum absolute atomic E-state index is 11.6. The van der Waals surface area contributed by atoms with Crippen LogP contribution in [0.1, 0.15) is 25.7 Å². The summed E-state index contributed by atoms with van der Waals surface area (Å²) in [6, 6.07) is 7.21. The standard InChI is InChI=1S/C15H19ClN2O4/c16-12-5-7-13(8-6-12)21-10-3-1-2-4-14(19)17-18-9-11-22-15(18)20/h5-8H,1-4,9-11H2,(H,17,19). The van der Waals surface area contributed by atoms with Gasteiger partial charge in [-0.2, -0.15) is 0 Å². The van der Waals surface area contributed by atoms with Crippen molar-refractivity contribution in [3.8, 4) is 5.75 Å². The zero-order chi connectivity index (χ0) is 15.8. The molecule has 1 saturated heterocycles. The third-order valence-electron chi connectivity index (χ3n) is 3.15. The lowest BCUT2D eigenvalue weighted by molar-refractivity contribution is -0.124. The molecule has 2 rings (SSSR count). The molecule has 1 aliphatic rings. The number of hydrogen-bond acceptors (Lipinski definition) is 4. The lowest BCUT2D eigenvalue weighted by Gasteiger charge is -2.13. The number of hydrazine groups is 1. The first-order chi connectivity index (χ1) is 10.6. The zero-order valence-electron chi connectivity index (χ0n) is 12.2. The molecule has 0 radical (unpaired) electrons. The predicted octanol–water partition coefficient (Wildman–Crippen LogP) is 2.76. The molecular formula is C15H19ClN2O4. The number of nitrogens with one attached hydrogen (secondary N) is 1. The minimum atomic E-state index is -0.496. The Balaban J connectivity index is 1.51. The van der Waals surface area contributed by atoms with Gasteiger partial charge >= 0.3 is 6.09 Å². The third kappa shape index (κ3) is 5.44. The molecule has 1 aromatic rings. The second-order valence-corrected chi connectivity index (χ2v) is 5.35. The quantitative estimate of drug-likeness (QED) is 0.746. The molecule has 1 aromatic carbocycles. The Morgan fingerprint density at radius 3 is 2.73 bits per heavy atom. The predicted molar refractivity (Wildman–Crippen MR) is 81.6 cm³/mol. The number of nitrogens with zero attached hydrogens (tertiary/aromatic N) is 1. The molecule has 0 aliphatic carbocycles. The molecule has 1 fully saturated rings. The highest BCUT2D eigenvalue weighted by Gasteiger charge is 2.23. The molecule has 7 heteroatoms. The summed E-state index contributed by atoms with van der Waals surface area (Å²) in [5.74, 6) is 0.618. The Labute approximate surface area is 134 Å². The number of benzene rings is 1. The number of carbonyl (C=O) groups is 2. The normalized spacial score (nSPS) is 13.9. The minimum absolute atomic E-state index is 0.169. The summed E-state index contributed by atoms with van der Waals surface area (Å²) in [4.78, 5) is 22.8. The minimum Gasteiger partial charge on any atom is -0.494 e. The molecule has 1 heterocycles. The molecule has 22 heavy (non-hydrogen) atoms. The number of unbranched alkanes of at least 4 members (excludes halogenated alkanes) is 2. The summed E-state index contributed by atoms with van der Waals surface area (Å²) in [7, 11) is 0. The van der Waals surface area contributed by atoms with E-state index >= 15 is 0 Å². The van der Waals surface area contributed by atoms with Crippen molar-refractivity contribution in [2.45, 2.75) is 25.7 Å². The van der Waals surface area contributed by atoms with Crippen LogP contribution < -0.4 is 10.2 Å². The van der Waals surface area contributed by atoms with Crippen LogP contribution in [0.15, 0.2) is 24.3 Å². The molecule has 0 aromatic heterocycles. The van der Waals surface area contributed by atoms with Gasteiger partial charge in [0.1, 0.15) is 12.4 Å². The Morgan fingerprint density at radius 1 is 1.27 bits per heavy atom. The molecule has 2 amide bonds. The summed E-state index contributed by atoms with van der Waals surface area (Å²) in [6.07, 6.45) is 2.38. The zero-order valence-corrected chi connectivity index (χ0v) is 13.0. The van der Waals surface area contributed by atoms with E-state index in [1.54, 1.807) is 12.1 Å². The van der Waals surface area contributed by atoms with Crippen LogP contribution in [0.2, 0.25) is 5.02 Å². The number of rotatable bonds is 8. The van der Waals surface area contributed by atoms with Crippen molar-refractivity contribution in [2.75, 3.05) is 19.8 Å². The number of cyclic esters (lactones) is 1. The van der Waals surface area contributed by atoms with Crippen molar-refractivity contribution in [1.29, 1.82) is 0 Å². The average Bonchev–Trinajstić information content (AvgIpc) is 2.90. The Morgan fingerprint density at radius 2 is 2.05 bits per heavy atom. The van der Waals surface area contributed by atoms with Gasteiger partial charge in [0, 0.05) is 11.4 Å². The van der Waals surface area contributed by atoms with Gasteiger partial charge in [0.05, 0.1) is 13.2 Å². The van der Waals surface area contributed by atoms with Crippen molar-refractivity contribution in [3.05, 3.63) is 29.3 Å². The van der Waals surface area contributed by atoms with E-state index in [1.165, 1.54) is 5.01 Å². The number of amides is 2. The molecule has 120 valence electrons. The molecule has 1 N–H and O–H groups in total. The van der Waals surface area contributed by atoms with Crippen molar-refractivity contribution >= 4 is 23.6 Å². The van der Waals surface area contributed by atoms with E-state index in [2.05, 4.69) is 5.43 Å². The van der Waals surface area contributed by atoms with Gasteiger partial charge < -0.3 is 9.47 Å². The lowest BCUT2D eigenvalue weighted by Crippen LogP contribution is -2.42. The monoisotopic (exact) mass is 326 g/mol. The van der Waals surface area contributed by atoms with E-state index in [1.807, 2.05) is 12.1 Å². The van der Waals surface area contributed by atoms with Crippen LogP contribution in [0.4, 0.5) is 4.79 Å². The van der Waals surface area contributed by atoms with Crippen LogP contribution in [0, 0.1) is 0 Å². The fourth-order valence-electron chi connectivity index (χ4n) is 1.99. The van der Waals surface area contributed by atoms with Gasteiger partial charge in [0.2, 0.25) is 5.91 Å². The first-order valence-corrected chi connectivity index (χ1v) is 7.65. The second kappa shape index (κ2) is 8.48. The Hall–Kier alpha value is -1.95. The molecular weight excluding hydrogens is 308 g/mol. The van der Waals surface area contributed by atoms with E-state index in [0.717, 1.165) is 25.0 Å². The molecule has 0 unspecified atom stereocenters. The number of halogens is 1. The van der Waals surface area contributed by atoms with E-state index in [0.29, 0.717) is 31.2 Å². The third-order valence-corrected chi connectivity index (χ3v) is 3.40. The fraction of sp³-hybridized carbons (Fsp3) is 0.467. The smallest absolute Gasteiger partial charge is 0.428 e. The first-order valence-electron chi connectivity index (χ1n) is 7.27. The summed E-state index contributed by atoms with van der Waals surface area (Å²) < 4.78 is 10.3. The highest BCUT2D eigenvalue weighted by atomic mass is 35.5. The molecule has 0 bridgehead atoms. The molecule has 6 nitrogen and oxygen atoms in total. The number of ether oxygens (including phenoxy) is 2. The van der Waals surface area contributed by atoms with Crippen LogP contribution in [0.25, 0.3) is 0 Å². The van der Waals surface area contributed by atoms with Crippen molar-refractivity contribution in [2.24, 2.45) is 0 Å². The van der Waals surface area contributed by atoms with Crippen LogP contribution in [0.5, 0.6) is 5.75 Å².